The van der Waals surface area contributed by atoms with Gasteiger partial charge in [0.2, 0.25) is 0 Å². The molecule has 21 heavy (non-hydrogen) atoms. The monoisotopic (exact) mass is 297 g/mol. The van der Waals surface area contributed by atoms with Crippen LogP contribution in [-0.2, 0) is 4.74 Å². The number of carbonyl (C=O) groups excluding carboxylic acids is 2. The number of nitrogens with two attached hydrogens (primary N) is 1. The second kappa shape index (κ2) is 6.54. The molecule has 1 unspecified atom stereocenters. The summed E-state index contributed by atoms with van der Waals surface area (Å²) in [6, 6.07) is -0.424. The van der Waals surface area contributed by atoms with Gasteiger partial charge in [-0.3, -0.25) is 0 Å². The van der Waals surface area contributed by atoms with Gasteiger partial charge in [0.25, 0.3) is 0 Å². The van der Waals surface area contributed by atoms with Gasteiger partial charge in [0.1, 0.15) is 0 Å². The molecule has 0 radical (unpaired) electrons. The molecule has 2 fully saturated rings. The van der Waals surface area contributed by atoms with Crippen molar-refractivity contribution in [3.63, 3.8) is 0 Å². The van der Waals surface area contributed by atoms with Crippen molar-refractivity contribution in [2.45, 2.75) is 39.5 Å². The zero-order valence-electron chi connectivity index (χ0n) is 13.1. The molecule has 6 heteroatoms. The highest BCUT2D eigenvalue weighted by atomic mass is 16.6. The minimum Gasteiger partial charge on any atom is -0.449 e. The second-order valence-electron chi connectivity index (χ2n) is 6.82. The number of carbonyl (C=O) groups is 2. The zero-order valence-corrected chi connectivity index (χ0v) is 13.1. The van der Waals surface area contributed by atoms with Crippen molar-refractivity contribution in [2.24, 2.45) is 17.1 Å². The lowest BCUT2D eigenvalue weighted by atomic mass is 9.69. The summed E-state index contributed by atoms with van der Waals surface area (Å²) in [5.41, 5.74) is 5.48. The van der Waals surface area contributed by atoms with Gasteiger partial charge in [-0.25, -0.2) is 9.59 Å². The van der Waals surface area contributed by atoms with E-state index in [9.17, 15) is 9.59 Å². The van der Waals surface area contributed by atoms with Crippen LogP contribution in [0.4, 0.5) is 9.59 Å². The molecule has 0 bridgehead atoms. The van der Waals surface area contributed by atoms with Crippen LogP contribution < -0.4 is 5.73 Å². The summed E-state index contributed by atoms with van der Waals surface area (Å²) in [4.78, 5) is 26.4. The van der Waals surface area contributed by atoms with Crippen molar-refractivity contribution in [1.82, 2.24) is 9.80 Å². The lowest BCUT2D eigenvalue weighted by Crippen LogP contribution is -2.52. The number of amides is 3. The summed E-state index contributed by atoms with van der Waals surface area (Å²) in [5, 5.41) is 0. The molecule has 3 amide bonds. The van der Waals surface area contributed by atoms with Gasteiger partial charge < -0.3 is 20.3 Å². The molecular formula is C15H27N3O3. The third-order valence-electron chi connectivity index (χ3n) is 4.99. The molecule has 1 heterocycles. The van der Waals surface area contributed by atoms with Crippen LogP contribution in [0.5, 0.6) is 0 Å². The number of ether oxygens (including phenoxy) is 1. The molecule has 2 N–H and O–H groups in total. The Morgan fingerprint density at radius 3 is 2.33 bits per heavy atom. The quantitative estimate of drug-likeness (QED) is 0.847. The minimum absolute atomic E-state index is 0.253. The Labute approximate surface area is 126 Å². The highest BCUT2D eigenvalue weighted by Crippen LogP contribution is 2.40. The molecule has 120 valence electrons. The average Bonchev–Trinajstić information content (AvgIpc) is 2.45. The van der Waals surface area contributed by atoms with E-state index in [0.29, 0.717) is 38.7 Å². The fourth-order valence-corrected chi connectivity index (χ4v) is 3.25. The third-order valence-corrected chi connectivity index (χ3v) is 4.99. The third kappa shape index (κ3) is 4.02. The maximum Gasteiger partial charge on any atom is 0.409 e. The van der Waals surface area contributed by atoms with Crippen LogP contribution in [-0.4, -0.2) is 54.7 Å². The lowest BCUT2D eigenvalue weighted by Gasteiger charge is -2.39. The van der Waals surface area contributed by atoms with Gasteiger partial charge in [0.15, 0.2) is 0 Å². The van der Waals surface area contributed by atoms with E-state index >= 15 is 0 Å². The number of nitrogens with zero attached hydrogens (tertiary/aromatic N) is 2. The fourth-order valence-electron chi connectivity index (χ4n) is 3.25. The van der Waals surface area contributed by atoms with Crippen LogP contribution in [0.15, 0.2) is 0 Å². The number of piperazine rings is 1. The molecule has 1 saturated heterocycles. The molecule has 0 aromatic carbocycles. The Hall–Kier alpha value is -1.46. The number of urea groups is 1. The van der Waals surface area contributed by atoms with Gasteiger partial charge >= 0.3 is 12.1 Å². The van der Waals surface area contributed by atoms with Gasteiger partial charge in [-0.1, -0.05) is 26.7 Å². The molecule has 0 aromatic heterocycles. The molecule has 6 nitrogen and oxygen atoms in total. The first-order valence-electron chi connectivity index (χ1n) is 7.86. The van der Waals surface area contributed by atoms with Crippen molar-refractivity contribution in [3.05, 3.63) is 0 Å². The standard InChI is InChI=1S/C15H27N3O3/c1-15(2)6-4-3-5-12(15)11-21-14(20)18-9-7-17(8-10-18)13(16)19/h12H,3-11H2,1-2H3,(H2,16,19). The van der Waals surface area contributed by atoms with Crippen molar-refractivity contribution >= 4 is 12.1 Å². The maximum atomic E-state index is 12.1. The van der Waals surface area contributed by atoms with Crippen LogP contribution in [0.2, 0.25) is 0 Å². The Balaban J connectivity index is 1.76. The van der Waals surface area contributed by atoms with Gasteiger partial charge in [-0.05, 0) is 24.2 Å². The van der Waals surface area contributed by atoms with E-state index in [1.807, 2.05) is 0 Å². The molecule has 1 atom stereocenters. The first-order chi connectivity index (χ1) is 9.90. The van der Waals surface area contributed by atoms with E-state index in [2.05, 4.69) is 13.8 Å². The first kappa shape index (κ1) is 15.9. The summed E-state index contributed by atoms with van der Waals surface area (Å²) in [7, 11) is 0. The van der Waals surface area contributed by atoms with Crippen molar-refractivity contribution < 1.29 is 14.3 Å². The number of hydrogen-bond acceptors (Lipinski definition) is 3. The SMILES string of the molecule is CC1(C)CCCCC1COC(=O)N1CCN(C(N)=O)CC1. The summed E-state index contributed by atoms with van der Waals surface area (Å²) >= 11 is 0. The molecule has 0 aromatic rings. The average molecular weight is 297 g/mol. The molecule has 0 spiro atoms. The molecule has 1 aliphatic heterocycles. The van der Waals surface area contributed by atoms with Crippen LogP contribution >= 0.6 is 0 Å². The Morgan fingerprint density at radius 2 is 1.76 bits per heavy atom. The van der Waals surface area contributed by atoms with E-state index in [1.54, 1.807) is 9.80 Å². The molecule has 1 aliphatic carbocycles. The molecule has 2 aliphatic rings. The van der Waals surface area contributed by atoms with Crippen LogP contribution in [0.1, 0.15) is 39.5 Å². The smallest absolute Gasteiger partial charge is 0.409 e. The highest BCUT2D eigenvalue weighted by Gasteiger charge is 2.33. The van der Waals surface area contributed by atoms with Gasteiger partial charge in [0, 0.05) is 26.2 Å². The fraction of sp³-hybridized carbons (Fsp3) is 0.867. The van der Waals surface area contributed by atoms with Gasteiger partial charge in [0.05, 0.1) is 6.61 Å². The van der Waals surface area contributed by atoms with Crippen LogP contribution in [0.3, 0.4) is 0 Å². The number of hydrogen-bond donors (Lipinski definition) is 1. The van der Waals surface area contributed by atoms with E-state index in [4.69, 9.17) is 10.5 Å². The van der Waals surface area contributed by atoms with Crippen LogP contribution in [0.25, 0.3) is 0 Å². The Bertz CT molecular complexity index is 390. The first-order valence-corrected chi connectivity index (χ1v) is 7.86. The maximum absolute atomic E-state index is 12.1. The van der Waals surface area contributed by atoms with Crippen molar-refractivity contribution in [1.29, 1.82) is 0 Å². The van der Waals surface area contributed by atoms with Crippen molar-refractivity contribution in [2.75, 3.05) is 32.8 Å². The molecular weight excluding hydrogens is 270 g/mol. The second-order valence-corrected chi connectivity index (χ2v) is 6.82. The summed E-state index contributed by atoms with van der Waals surface area (Å²) in [5.74, 6) is 0.446. The molecule has 1 saturated carbocycles. The number of rotatable bonds is 2. The van der Waals surface area contributed by atoms with E-state index in [-0.39, 0.29) is 11.5 Å². The normalized spacial score (nSPS) is 25.5. The largest absolute Gasteiger partial charge is 0.449 e. The summed E-state index contributed by atoms with van der Waals surface area (Å²) in [6.45, 7) is 6.98. The lowest BCUT2D eigenvalue weighted by molar-refractivity contribution is 0.0312. The summed E-state index contributed by atoms with van der Waals surface area (Å²) < 4.78 is 5.50. The summed E-state index contributed by atoms with van der Waals surface area (Å²) in [6.07, 6.45) is 4.57. The van der Waals surface area contributed by atoms with E-state index in [0.717, 1.165) is 6.42 Å². The predicted molar refractivity (Wildman–Crippen MR) is 79.8 cm³/mol. The van der Waals surface area contributed by atoms with Crippen molar-refractivity contribution in [3.8, 4) is 0 Å². The minimum atomic E-state index is -0.424. The van der Waals surface area contributed by atoms with E-state index in [1.165, 1.54) is 19.3 Å². The number of primary amides is 1. The van der Waals surface area contributed by atoms with Gasteiger partial charge in [-0.15, -0.1) is 0 Å². The van der Waals surface area contributed by atoms with Crippen LogP contribution in [0, 0.1) is 11.3 Å². The van der Waals surface area contributed by atoms with Gasteiger partial charge in [-0.2, -0.15) is 0 Å². The highest BCUT2D eigenvalue weighted by molar-refractivity contribution is 5.73. The molecule has 2 rings (SSSR count). The Morgan fingerprint density at radius 1 is 1.14 bits per heavy atom. The zero-order chi connectivity index (χ0) is 15.5. The topological polar surface area (TPSA) is 75.9 Å². The predicted octanol–water partition coefficient (Wildman–Crippen LogP) is 2.04. The Kier molecular flexibility index (Phi) is 4.96. The van der Waals surface area contributed by atoms with E-state index < -0.39 is 6.03 Å².